The van der Waals surface area contributed by atoms with Crippen molar-refractivity contribution in [2.45, 2.75) is 45.2 Å². The van der Waals surface area contributed by atoms with E-state index in [0.717, 1.165) is 25.8 Å². The molecular weight excluding hydrogens is 410 g/mol. The molecule has 2 fully saturated rings. The number of pyridine rings is 1. The predicted octanol–water partition coefficient (Wildman–Crippen LogP) is 1.47. The van der Waals surface area contributed by atoms with Gasteiger partial charge < -0.3 is 20.9 Å². The molecule has 32 heavy (non-hydrogen) atoms. The third kappa shape index (κ3) is 3.35. The highest BCUT2D eigenvalue weighted by Gasteiger charge is 2.46. The zero-order valence-corrected chi connectivity index (χ0v) is 18.5. The molecule has 0 radical (unpaired) electrons. The van der Waals surface area contributed by atoms with Crippen molar-refractivity contribution < 1.29 is 9.59 Å². The van der Waals surface area contributed by atoms with Crippen LogP contribution in [-0.2, 0) is 10.5 Å². The average molecular weight is 438 g/mol. The standard InChI is InChI=1S/C22H27N7O3/c1-12-9-15(25-17-13(2)18(24-11-23-17)26-19(30)14-5-6-14)21(32)29-16(12)20(31)27-22(29)7-4-8-28(3)10-22/h9,11,14H,4-8,10H2,1-3H3,(H,27,31)(H2,23,24,25,26,30). The van der Waals surface area contributed by atoms with Crippen molar-refractivity contribution in [2.75, 3.05) is 30.8 Å². The maximum atomic E-state index is 13.6. The van der Waals surface area contributed by atoms with Gasteiger partial charge in [0.25, 0.3) is 11.5 Å². The van der Waals surface area contributed by atoms with Crippen LogP contribution in [0.15, 0.2) is 17.2 Å². The lowest BCUT2D eigenvalue weighted by Gasteiger charge is -2.39. The average Bonchev–Trinajstić information content (AvgIpc) is 3.54. The number of rotatable bonds is 4. The summed E-state index contributed by atoms with van der Waals surface area (Å²) in [6.07, 6.45) is 4.74. The first-order valence-corrected chi connectivity index (χ1v) is 11.0. The number of nitrogens with one attached hydrogen (secondary N) is 3. The molecule has 1 aliphatic carbocycles. The Morgan fingerprint density at radius 1 is 1.22 bits per heavy atom. The van der Waals surface area contributed by atoms with Crippen LogP contribution < -0.4 is 21.5 Å². The molecule has 3 N–H and O–H groups in total. The van der Waals surface area contributed by atoms with E-state index in [9.17, 15) is 14.4 Å². The molecule has 1 atom stereocenters. The van der Waals surface area contributed by atoms with Crippen molar-refractivity contribution in [1.82, 2.24) is 24.8 Å². The summed E-state index contributed by atoms with van der Waals surface area (Å²) in [6, 6.07) is 1.68. The fourth-order valence-electron chi connectivity index (χ4n) is 4.77. The molecule has 0 bridgehead atoms. The molecule has 1 spiro atoms. The number of nitrogens with zero attached hydrogens (tertiary/aromatic N) is 4. The zero-order chi connectivity index (χ0) is 22.6. The van der Waals surface area contributed by atoms with E-state index in [2.05, 4.69) is 30.8 Å². The van der Waals surface area contributed by atoms with Crippen LogP contribution in [0.2, 0.25) is 0 Å². The van der Waals surface area contributed by atoms with E-state index in [4.69, 9.17) is 0 Å². The molecule has 2 aromatic heterocycles. The fraction of sp³-hybridized carbons (Fsp3) is 0.500. The van der Waals surface area contributed by atoms with Gasteiger partial charge in [-0.15, -0.1) is 0 Å². The van der Waals surface area contributed by atoms with Gasteiger partial charge in [-0.05, 0) is 64.8 Å². The van der Waals surface area contributed by atoms with Gasteiger partial charge in [-0.3, -0.25) is 19.0 Å². The van der Waals surface area contributed by atoms with Crippen molar-refractivity contribution in [3.63, 3.8) is 0 Å². The molecule has 2 amide bonds. The Labute approximate surface area is 185 Å². The van der Waals surface area contributed by atoms with Crippen LogP contribution in [0.5, 0.6) is 0 Å². The highest BCUT2D eigenvalue weighted by molar-refractivity contribution is 5.97. The lowest BCUT2D eigenvalue weighted by Crippen LogP contribution is -2.57. The van der Waals surface area contributed by atoms with E-state index in [1.54, 1.807) is 17.6 Å². The molecule has 10 nitrogen and oxygen atoms in total. The van der Waals surface area contributed by atoms with Crippen molar-refractivity contribution in [2.24, 2.45) is 5.92 Å². The number of carbonyl (C=O) groups is 2. The van der Waals surface area contributed by atoms with Gasteiger partial charge in [-0.25, -0.2) is 9.97 Å². The SMILES string of the molecule is Cc1cc(Nc2ncnc(NC(=O)C3CC3)c2C)c(=O)n2c1C(=O)NC21CCCN(C)C1. The number of hydrogen-bond donors (Lipinski definition) is 3. The van der Waals surface area contributed by atoms with E-state index < -0.39 is 5.66 Å². The number of hydrogen-bond acceptors (Lipinski definition) is 7. The van der Waals surface area contributed by atoms with Crippen LogP contribution in [-0.4, -0.2) is 51.4 Å². The van der Waals surface area contributed by atoms with E-state index in [1.807, 2.05) is 14.0 Å². The summed E-state index contributed by atoms with van der Waals surface area (Å²) in [5.41, 5.74) is 1.07. The van der Waals surface area contributed by atoms with Gasteiger partial charge in [0.05, 0.1) is 0 Å². The first-order valence-electron chi connectivity index (χ1n) is 11.0. The number of amides is 2. The molecule has 3 aliphatic rings. The van der Waals surface area contributed by atoms with Crippen LogP contribution in [0.1, 0.15) is 47.3 Å². The molecule has 1 unspecified atom stereocenters. The number of aryl methyl sites for hydroxylation is 1. The number of likely N-dealkylation sites (N-methyl/N-ethyl adjacent to an activating group) is 1. The van der Waals surface area contributed by atoms with Crippen molar-refractivity contribution >= 4 is 29.1 Å². The lowest BCUT2D eigenvalue weighted by molar-refractivity contribution is -0.117. The highest BCUT2D eigenvalue weighted by Crippen LogP contribution is 2.33. The van der Waals surface area contributed by atoms with Gasteiger partial charge in [0.2, 0.25) is 5.91 Å². The number of carbonyl (C=O) groups excluding carboxylic acids is 2. The Hall–Kier alpha value is -3.27. The summed E-state index contributed by atoms with van der Waals surface area (Å²) in [4.78, 5) is 49.1. The Morgan fingerprint density at radius 2 is 1.97 bits per heavy atom. The normalized spacial score (nSPS) is 22.5. The molecule has 4 heterocycles. The Morgan fingerprint density at radius 3 is 2.69 bits per heavy atom. The van der Waals surface area contributed by atoms with Gasteiger partial charge >= 0.3 is 0 Å². The van der Waals surface area contributed by atoms with Gasteiger partial charge in [-0.2, -0.15) is 0 Å². The number of piperidine rings is 1. The second kappa shape index (κ2) is 7.40. The molecular formula is C22H27N7O3. The Bertz CT molecular complexity index is 1190. The largest absolute Gasteiger partial charge is 0.335 e. The molecule has 10 heteroatoms. The summed E-state index contributed by atoms with van der Waals surface area (Å²) in [5, 5.41) is 9.06. The van der Waals surface area contributed by atoms with E-state index in [1.165, 1.54) is 6.33 Å². The van der Waals surface area contributed by atoms with Crippen molar-refractivity contribution in [3.05, 3.63) is 39.6 Å². The molecule has 5 rings (SSSR count). The van der Waals surface area contributed by atoms with Gasteiger partial charge in [0.15, 0.2) is 0 Å². The topological polar surface area (TPSA) is 121 Å². The Balaban J connectivity index is 1.53. The lowest BCUT2D eigenvalue weighted by atomic mass is 9.98. The maximum Gasteiger partial charge on any atom is 0.276 e. The van der Waals surface area contributed by atoms with Gasteiger partial charge in [-0.1, -0.05) is 0 Å². The third-order valence-electron chi connectivity index (χ3n) is 6.57. The van der Waals surface area contributed by atoms with Crippen molar-refractivity contribution in [3.8, 4) is 0 Å². The third-order valence-corrected chi connectivity index (χ3v) is 6.57. The maximum absolute atomic E-state index is 13.6. The van der Waals surface area contributed by atoms with Crippen LogP contribution in [0.3, 0.4) is 0 Å². The van der Waals surface area contributed by atoms with Crippen LogP contribution >= 0.6 is 0 Å². The second-order valence-corrected chi connectivity index (χ2v) is 9.14. The van der Waals surface area contributed by atoms with Gasteiger partial charge in [0.1, 0.15) is 35.0 Å². The van der Waals surface area contributed by atoms with Crippen LogP contribution in [0.25, 0.3) is 0 Å². The van der Waals surface area contributed by atoms with E-state index in [-0.39, 0.29) is 23.3 Å². The molecule has 2 aromatic rings. The minimum Gasteiger partial charge on any atom is -0.335 e. The van der Waals surface area contributed by atoms with E-state index in [0.29, 0.717) is 47.1 Å². The monoisotopic (exact) mass is 437 g/mol. The first-order chi connectivity index (χ1) is 15.3. The zero-order valence-electron chi connectivity index (χ0n) is 18.5. The molecule has 2 aliphatic heterocycles. The fourth-order valence-corrected chi connectivity index (χ4v) is 4.77. The second-order valence-electron chi connectivity index (χ2n) is 9.14. The van der Waals surface area contributed by atoms with Crippen LogP contribution in [0, 0.1) is 19.8 Å². The summed E-state index contributed by atoms with van der Waals surface area (Å²) in [5.74, 6) is 0.665. The highest BCUT2D eigenvalue weighted by atomic mass is 16.2. The molecule has 0 aromatic carbocycles. The summed E-state index contributed by atoms with van der Waals surface area (Å²) >= 11 is 0. The minimum absolute atomic E-state index is 0.0425. The quantitative estimate of drug-likeness (QED) is 0.662. The van der Waals surface area contributed by atoms with E-state index >= 15 is 0 Å². The summed E-state index contributed by atoms with van der Waals surface area (Å²) in [6.45, 7) is 5.12. The minimum atomic E-state index is -0.747. The summed E-state index contributed by atoms with van der Waals surface area (Å²) < 4.78 is 1.62. The Kier molecular flexibility index (Phi) is 4.77. The van der Waals surface area contributed by atoms with Gasteiger partial charge in [0, 0.05) is 18.0 Å². The number of fused-ring (bicyclic) bond motifs is 2. The molecule has 168 valence electrons. The molecule has 1 saturated carbocycles. The van der Waals surface area contributed by atoms with Crippen molar-refractivity contribution in [1.29, 1.82) is 0 Å². The number of anilines is 3. The molecule has 1 saturated heterocycles. The number of aromatic nitrogens is 3. The first kappa shape index (κ1) is 20.6. The van der Waals surface area contributed by atoms with Crippen LogP contribution in [0.4, 0.5) is 17.3 Å². The number of likely N-dealkylation sites (tertiary alicyclic amines) is 1. The smallest absolute Gasteiger partial charge is 0.276 e. The summed E-state index contributed by atoms with van der Waals surface area (Å²) in [7, 11) is 1.99. The predicted molar refractivity (Wildman–Crippen MR) is 119 cm³/mol.